The number of amides is 3. The molecule has 1 saturated heterocycles. The lowest BCUT2D eigenvalue weighted by Crippen LogP contribution is -2.63. The second-order valence-electron chi connectivity index (χ2n) is 11.0. The highest BCUT2D eigenvalue weighted by molar-refractivity contribution is 5.96. The number of benzene rings is 2. The summed E-state index contributed by atoms with van der Waals surface area (Å²) in [6.45, 7) is 7.86. The quantitative estimate of drug-likeness (QED) is 0.283. The van der Waals surface area contributed by atoms with Crippen molar-refractivity contribution < 1.29 is 19.1 Å². The van der Waals surface area contributed by atoms with Crippen LogP contribution in [-0.2, 0) is 32.1 Å². The Morgan fingerprint density at radius 3 is 2.30 bits per heavy atom. The first kappa shape index (κ1) is 31.3. The number of piperazine rings is 1. The van der Waals surface area contributed by atoms with E-state index in [9.17, 15) is 14.4 Å². The molecule has 0 aliphatic carbocycles. The number of ether oxygens (including phenoxy) is 1. The number of rotatable bonds is 15. The van der Waals surface area contributed by atoms with Gasteiger partial charge >= 0.3 is 0 Å². The summed E-state index contributed by atoms with van der Waals surface area (Å²) in [5.74, 6) is 0.0741. The number of likely N-dealkylation sites (N-methyl/N-ethyl adjacent to an activating group) is 1. The zero-order valence-electron chi connectivity index (χ0n) is 25.0. The van der Waals surface area contributed by atoms with Gasteiger partial charge in [0.25, 0.3) is 0 Å². The van der Waals surface area contributed by atoms with Crippen molar-refractivity contribution in [2.75, 3.05) is 33.9 Å². The highest BCUT2D eigenvalue weighted by Gasteiger charge is 2.41. The number of hydrogen-bond donors (Lipinski definition) is 0. The van der Waals surface area contributed by atoms with E-state index in [1.165, 1.54) is 25.7 Å². The average Bonchev–Trinajstić information content (AvgIpc) is 2.96. The molecule has 0 unspecified atom stereocenters. The van der Waals surface area contributed by atoms with E-state index >= 15 is 0 Å². The molecule has 218 valence electrons. The first-order chi connectivity index (χ1) is 19.3. The molecular weight excluding hydrogens is 502 g/mol. The molecule has 40 heavy (non-hydrogen) atoms. The predicted molar refractivity (Wildman–Crippen MR) is 160 cm³/mol. The summed E-state index contributed by atoms with van der Waals surface area (Å²) in [5, 5.41) is 0. The lowest BCUT2D eigenvalue weighted by molar-refractivity contribution is -0.159. The standard InChI is InChI=1S/C33H47N3O4/c1-6-7-8-9-10-11-19-36-25(2)32(38)34(4)31(33(36)39)23-27-15-17-29(18-16-27)30-14-12-13-28(22-30)24-35(26(3)37)20-21-40-5/h12-18,22,25,31H,6-11,19-21,23-24H2,1-5H3/t25-,31-/m0/s1. The van der Waals surface area contributed by atoms with E-state index < -0.39 is 12.1 Å². The van der Waals surface area contributed by atoms with Gasteiger partial charge in [0, 0.05) is 47.1 Å². The van der Waals surface area contributed by atoms with Crippen LogP contribution >= 0.6 is 0 Å². The Hall–Kier alpha value is -3.19. The largest absolute Gasteiger partial charge is 0.383 e. The molecule has 2 aromatic carbocycles. The number of carbonyl (C=O) groups excluding carboxylic acids is 3. The fourth-order valence-electron chi connectivity index (χ4n) is 5.40. The summed E-state index contributed by atoms with van der Waals surface area (Å²) in [7, 11) is 3.38. The lowest BCUT2D eigenvalue weighted by atomic mass is 9.96. The van der Waals surface area contributed by atoms with Crippen molar-refractivity contribution >= 4 is 17.7 Å². The van der Waals surface area contributed by atoms with Crippen LogP contribution in [0.1, 0.15) is 70.4 Å². The Labute approximate surface area is 240 Å². The molecule has 1 heterocycles. The molecule has 3 amide bonds. The fourth-order valence-corrected chi connectivity index (χ4v) is 5.40. The summed E-state index contributed by atoms with van der Waals surface area (Å²) in [6, 6.07) is 15.5. The second-order valence-corrected chi connectivity index (χ2v) is 11.0. The zero-order chi connectivity index (χ0) is 29.1. The molecule has 7 heteroatoms. The van der Waals surface area contributed by atoms with Crippen molar-refractivity contribution in [3.63, 3.8) is 0 Å². The Kier molecular flexibility index (Phi) is 12.2. The molecule has 0 saturated carbocycles. The van der Waals surface area contributed by atoms with E-state index in [0.29, 0.717) is 32.7 Å². The monoisotopic (exact) mass is 549 g/mol. The zero-order valence-corrected chi connectivity index (χ0v) is 25.0. The third-order valence-electron chi connectivity index (χ3n) is 7.99. The van der Waals surface area contributed by atoms with Crippen molar-refractivity contribution in [3.05, 3.63) is 59.7 Å². The van der Waals surface area contributed by atoms with Crippen molar-refractivity contribution in [3.8, 4) is 11.1 Å². The summed E-state index contributed by atoms with van der Waals surface area (Å²) in [6.07, 6.45) is 7.40. The van der Waals surface area contributed by atoms with E-state index in [1.54, 1.807) is 35.8 Å². The summed E-state index contributed by atoms with van der Waals surface area (Å²) in [5.41, 5.74) is 4.21. The van der Waals surface area contributed by atoms with Crippen LogP contribution in [0.15, 0.2) is 48.5 Å². The maximum Gasteiger partial charge on any atom is 0.246 e. The minimum absolute atomic E-state index is 0.00845. The first-order valence-corrected chi connectivity index (χ1v) is 14.8. The Morgan fingerprint density at radius 2 is 1.62 bits per heavy atom. The number of carbonyl (C=O) groups is 3. The third kappa shape index (κ3) is 8.40. The summed E-state index contributed by atoms with van der Waals surface area (Å²) >= 11 is 0. The van der Waals surface area contributed by atoms with E-state index in [-0.39, 0.29) is 17.7 Å². The number of hydrogen-bond acceptors (Lipinski definition) is 4. The van der Waals surface area contributed by atoms with Crippen LogP contribution in [0.3, 0.4) is 0 Å². The van der Waals surface area contributed by atoms with Gasteiger partial charge in [-0.25, -0.2) is 0 Å². The van der Waals surface area contributed by atoms with Gasteiger partial charge in [0.05, 0.1) is 6.61 Å². The molecule has 1 aliphatic heterocycles. The van der Waals surface area contributed by atoms with Gasteiger partial charge in [0.15, 0.2) is 0 Å². The van der Waals surface area contributed by atoms with Crippen molar-refractivity contribution in [2.24, 2.45) is 0 Å². The predicted octanol–water partition coefficient (Wildman–Crippen LogP) is 5.31. The Morgan fingerprint density at radius 1 is 0.925 bits per heavy atom. The van der Waals surface area contributed by atoms with Gasteiger partial charge in [-0.3, -0.25) is 14.4 Å². The lowest BCUT2D eigenvalue weighted by Gasteiger charge is -2.42. The Bertz CT molecular complexity index is 1120. The molecule has 0 N–H and O–H groups in total. The minimum atomic E-state index is -0.484. The molecule has 3 rings (SSSR count). The molecule has 1 aliphatic rings. The molecule has 2 aromatic rings. The molecule has 0 radical (unpaired) electrons. The van der Waals surface area contributed by atoms with Crippen LogP contribution in [0.25, 0.3) is 11.1 Å². The highest BCUT2D eigenvalue weighted by atomic mass is 16.5. The maximum absolute atomic E-state index is 13.5. The molecule has 2 atom stereocenters. The summed E-state index contributed by atoms with van der Waals surface area (Å²) < 4.78 is 5.14. The van der Waals surface area contributed by atoms with Gasteiger partial charge in [-0.2, -0.15) is 0 Å². The van der Waals surface area contributed by atoms with Crippen molar-refractivity contribution in [1.82, 2.24) is 14.7 Å². The number of unbranched alkanes of at least 4 members (excludes halogenated alkanes) is 5. The first-order valence-electron chi connectivity index (χ1n) is 14.8. The van der Waals surface area contributed by atoms with Crippen LogP contribution in [0.2, 0.25) is 0 Å². The van der Waals surface area contributed by atoms with E-state index in [4.69, 9.17) is 4.74 Å². The van der Waals surface area contributed by atoms with E-state index in [0.717, 1.165) is 35.1 Å². The number of methoxy groups -OCH3 is 1. The van der Waals surface area contributed by atoms with Crippen LogP contribution in [0.5, 0.6) is 0 Å². The van der Waals surface area contributed by atoms with E-state index in [1.807, 2.05) is 31.2 Å². The number of nitrogens with zero attached hydrogens (tertiary/aromatic N) is 3. The van der Waals surface area contributed by atoms with Crippen LogP contribution in [0.4, 0.5) is 0 Å². The Balaban J connectivity index is 1.66. The fraction of sp³-hybridized carbons (Fsp3) is 0.545. The minimum Gasteiger partial charge on any atom is -0.383 e. The normalized spacial score (nSPS) is 17.4. The summed E-state index contributed by atoms with van der Waals surface area (Å²) in [4.78, 5) is 43.7. The van der Waals surface area contributed by atoms with Crippen molar-refractivity contribution in [1.29, 1.82) is 0 Å². The van der Waals surface area contributed by atoms with E-state index in [2.05, 4.69) is 31.2 Å². The van der Waals surface area contributed by atoms with Gasteiger partial charge in [0.1, 0.15) is 12.1 Å². The highest BCUT2D eigenvalue weighted by Crippen LogP contribution is 2.25. The average molecular weight is 550 g/mol. The van der Waals surface area contributed by atoms with Crippen LogP contribution < -0.4 is 0 Å². The van der Waals surface area contributed by atoms with Gasteiger partial charge in [-0.15, -0.1) is 0 Å². The topological polar surface area (TPSA) is 70.2 Å². The molecule has 0 bridgehead atoms. The molecule has 7 nitrogen and oxygen atoms in total. The molecule has 0 spiro atoms. The van der Waals surface area contributed by atoms with Crippen LogP contribution in [0, 0.1) is 0 Å². The van der Waals surface area contributed by atoms with Gasteiger partial charge in [-0.1, -0.05) is 81.5 Å². The van der Waals surface area contributed by atoms with Crippen molar-refractivity contribution in [2.45, 2.75) is 84.3 Å². The smallest absolute Gasteiger partial charge is 0.246 e. The second kappa shape index (κ2) is 15.6. The van der Waals surface area contributed by atoms with Crippen LogP contribution in [-0.4, -0.2) is 78.4 Å². The van der Waals surface area contributed by atoms with Gasteiger partial charge in [0.2, 0.25) is 17.7 Å². The SMILES string of the molecule is CCCCCCCCN1C(=O)[C@H](Cc2ccc(-c3cccc(CN(CCOC)C(C)=O)c3)cc2)N(C)C(=O)[C@@H]1C. The van der Waals surface area contributed by atoms with Gasteiger partial charge < -0.3 is 19.4 Å². The molecule has 0 aromatic heterocycles. The molecular formula is C33H47N3O4. The molecule has 1 fully saturated rings. The third-order valence-corrected chi connectivity index (χ3v) is 7.99. The maximum atomic E-state index is 13.5. The van der Waals surface area contributed by atoms with Gasteiger partial charge in [-0.05, 0) is 41.7 Å².